The summed E-state index contributed by atoms with van der Waals surface area (Å²) in [5.74, 6) is 0.208. The van der Waals surface area contributed by atoms with Gasteiger partial charge in [0, 0.05) is 18.3 Å². The normalized spacial score (nSPS) is 20.2. The van der Waals surface area contributed by atoms with Gasteiger partial charge in [0.15, 0.2) is 0 Å². The molecule has 0 spiro atoms. The molecule has 1 aliphatic rings. The number of aliphatic hydroxyl groups excluding tert-OH is 1. The lowest BCUT2D eigenvalue weighted by Gasteiger charge is -2.29. The molecular formula is C16H17NO. The molecule has 1 aromatic carbocycles. The first-order valence-corrected chi connectivity index (χ1v) is 6.52. The number of benzene rings is 1. The van der Waals surface area contributed by atoms with Crippen molar-refractivity contribution in [3.63, 3.8) is 0 Å². The predicted octanol–water partition coefficient (Wildman–Crippen LogP) is 3.24. The van der Waals surface area contributed by atoms with Crippen molar-refractivity contribution in [1.82, 2.24) is 4.98 Å². The number of nitrogens with zero attached hydrogens (tertiary/aromatic N) is 1. The number of aryl methyl sites for hydroxylation is 1. The third-order valence-electron chi connectivity index (χ3n) is 3.82. The van der Waals surface area contributed by atoms with Crippen LogP contribution in [-0.4, -0.2) is 10.1 Å². The summed E-state index contributed by atoms with van der Waals surface area (Å²) in [5.41, 5.74) is 3.61. The molecule has 1 aliphatic carbocycles. The van der Waals surface area contributed by atoms with E-state index in [1.54, 1.807) is 12.4 Å². The molecule has 0 aliphatic heterocycles. The van der Waals surface area contributed by atoms with Crippen LogP contribution in [0.4, 0.5) is 0 Å². The van der Waals surface area contributed by atoms with Crippen LogP contribution in [0.15, 0.2) is 48.8 Å². The predicted molar refractivity (Wildman–Crippen MR) is 71.3 cm³/mol. The van der Waals surface area contributed by atoms with Crippen LogP contribution in [-0.2, 0) is 6.42 Å². The van der Waals surface area contributed by atoms with E-state index >= 15 is 0 Å². The average Bonchev–Trinajstić information content (AvgIpc) is 2.47. The van der Waals surface area contributed by atoms with E-state index in [9.17, 15) is 5.11 Å². The molecular weight excluding hydrogens is 222 g/mol. The fourth-order valence-electron chi connectivity index (χ4n) is 2.90. The van der Waals surface area contributed by atoms with Crippen LogP contribution in [0.3, 0.4) is 0 Å². The third kappa shape index (κ3) is 2.04. The van der Waals surface area contributed by atoms with Crippen molar-refractivity contribution < 1.29 is 5.11 Å². The Kier molecular flexibility index (Phi) is 3.11. The van der Waals surface area contributed by atoms with Crippen LogP contribution in [0.1, 0.15) is 41.6 Å². The number of aromatic nitrogens is 1. The van der Waals surface area contributed by atoms with Crippen LogP contribution in [0.5, 0.6) is 0 Å². The highest BCUT2D eigenvalue weighted by molar-refractivity contribution is 5.35. The van der Waals surface area contributed by atoms with Gasteiger partial charge in [-0.3, -0.25) is 4.98 Å². The number of rotatable bonds is 2. The Balaban J connectivity index is 1.94. The minimum absolute atomic E-state index is 0.208. The Morgan fingerprint density at radius 3 is 2.89 bits per heavy atom. The molecule has 18 heavy (non-hydrogen) atoms. The van der Waals surface area contributed by atoms with Crippen molar-refractivity contribution >= 4 is 0 Å². The van der Waals surface area contributed by atoms with Gasteiger partial charge in [-0.1, -0.05) is 30.3 Å². The lowest BCUT2D eigenvalue weighted by atomic mass is 9.78. The summed E-state index contributed by atoms with van der Waals surface area (Å²) < 4.78 is 0. The lowest BCUT2D eigenvalue weighted by Crippen LogP contribution is -2.17. The SMILES string of the molecule is OC(c1cccnc1)C1CCCc2ccccc21. The summed E-state index contributed by atoms with van der Waals surface area (Å²) in [5, 5.41) is 10.6. The Labute approximate surface area is 107 Å². The molecule has 92 valence electrons. The summed E-state index contributed by atoms with van der Waals surface area (Å²) >= 11 is 0. The van der Waals surface area contributed by atoms with E-state index in [1.165, 1.54) is 11.1 Å². The first-order chi connectivity index (χ1) is 8.86. The molecule has 0 fully saturated rings. The standard InChI is InChI=1S/C16H17NO/c18-16(13-7-4-10-17-11-13)15-9-3-6-12-5-1-2-8-14(12)15/h1-2,4-5,7-8,10-11,15-16,18H,3,6,9H2. The van der Waals surface area contributed by atoms with Crippen molar-refractivity contribution in [3.8, 4) is 0 Å². The Morgan fingerprint density at radius 2 is 2.06 bits per heavy atom. The van der Waals surface area contributed by atoms with Gasteiger partial charge in [-0.15, -0.1) is 0 Å². The van der Waals surface area contributed by atoms with Gasteiger partial charge in [-0.25, -0.2) is 0 Å². The van der Waals surface area contributed by atoms with Gasteiger partial charge in [0.05, 0.1) is 6.10 Å². The molecule has 2 atom stereocenters. The molecule has 2 heteroatoms. The zero-order valence-electron chi connectivity index (χ0n) is 10.3. The van der Waals surface area contributed by atoms with Crippen molar-refractivity contribution in [2.24, 2.45) is 0 Å². The maximum Gasteiger partial charge on any atom is 0.0873 e. The van der Waals surface area contributed by atoms with E-state index < -0.39 is 6.10 Å². The molecule has 1 aromatic heterocycles. The van der Waals surface area contributed by atoms with Crippen molar-refractivity contribution in [3.05, 3.63) is 65.5 Å². The van der Waals surface area contributed by atoms with E-state index in [4.69, 9.17) is 0 Å². The Morgan fingerprint density at radius 1 is 1.17 bits per heavy atom. The van der Waals surface area contributed by atoms with Crippen LogP contribution < -0.4 is 0 Å². The van der Waals surface area contributed by atoms with Crippen LogP contribution >= 0.6 is 0 Å². The second kappa shape index (κ2) is 4.91. The zero-order chi connectivity index (χ0) is 12.4. The Hall–Kier alpha value is -1.67. The van der Waals surface area contributed by atoms with E-state index in [0.29, 0.717) is 0 Å². The highest BCUT2D eigenvalue weighted by atomic mass is 16.3. The number of fused-ring (bicyclic) bond motifs is 1. The summed E-state index contributed by atoms with van der Waals surface area (Å²) in [6.45, 7) is 0. The number of aliphatic hydroxyl groups is 1. The van der Waals surface area contributed by atoms with Gasteiger partial charge in [0.1, 0.15) is 0 Å². The van der Waals surface area contributed by atoms with Crippen LogP contribution in [0, 0.1) is 0 Å². The van der Waals surface area contributed by atoms with Crippen molar-refractivity contribution in [2.75, 3.05) is 0 Å². The van der Waals surface area contributed by atoms with E-state index in [0.717, 1.165) is 24.8 Å². The van der Waals surface area contributed by atoms with Gasteiger partial charge in [-0.05, 0) is 42.0 Å². The van der Waals surface area contributed by atoms with Crippen LogP contribution in [0.25, 0.3) is 0 Å². The minimum Gasteiger partial charge on any atom is -0.388 e. The number of pyridine rings is 1. The topological polar surface area (TPSA) is 33.1 Å². The number of hydrogen-bond donors (Lipinski definition) is 1. The lowest BCUT2D eigenvalue weighted by molar-refractivity contribution is 0.135. The van der Waals surface area contributed by atoms with Gasteiger partial charge in [0.25, 0.3) is 0 Å². The molecule has 1 N–H and O–H groups in total. The molecule has 0 saturated heterocycles. The monoisotopic (exact) mass is 239 g/mol. The first kappa shape index (κ1) is 11.4. The zero-order valence-corrected chi connectivity index (χ0v) is 10.3. The molecule has 0 radical (unpaired) electrons. The minimum atomic E-state index is -0.444. The summed E-state index contributed by atoms with van der Waals surface area (Å²) in [4.78, 5) is 4.10. The van der Waals surface area contributed by atoms with E-state index in [2.05, 4.69) is 29.2 Å². The molecule has 0 bridgehead atoms. The van der Waals surface area contributed by atoms with Crippen molar-refractivity contribution in [2.45, 2.75) is 31.3 Å². The largest absolute Gasteiger partial charge is 0.388 e. The highest BCUT2D eigenvalue weighted by Crippen LogP contribution is 2.39. The van der Waals surface area contributed by atoms with Crippen LogP contribution in [0.2, 0.25) is 0 Å². The summed E-state index contributed by atoms with van der Waals surface area (Å²) in [6, 6.07) is 12.3. The maximum absolute atomic E-state index is 10.6. The molecule has 0 amide bonds. The summed E-state index contributed by atoms with van der Waals surface area (Å²) in [6.07, 6.45) is 6.39. The fraction of sp³-hybridized carbons (Fsp3) is 0.312. The molecule has 1 heterocycles. The summed E-state index contributed by atoms with van der Waals surface area (Å²) in [7, 11) is 0. The van der Waals surface area contributed by atoms with Crippen molar-refractivity contribution in [1.29, 1.82) is 0 Å². The van der Waals surface area contributed by atoms with Gasteiger partial charge in [0.2, 0.25) is 0 Å². The highest BCUT2D eigenvalue weighted by Gasteiger charge is 2.27. The second-order valence-electron chi connectivity index (χ2n) is 4.93. The molecule has 2 nitrogen and oxygen atoms in total. The van der Waals surface area contributed by atoms with Gasteiger partial charge >= 0.3 is 0 Å². The average molecular weight is 239 g/mol. The smallest absolute Gasteiger partial charge is 0.0873 e. The second-order valence-corrected chi connectivity index (χ2v) is 4.93. The molecule has 3 rings (SSSR count). The molecule has 2 unspecified atom stereocenters. The third-order valence-corrected chi connectivity index (χ3v) is 3.82. The first-order valence-electron chi connectivity index (χ1n) is 6.52. The quantitative estimate of drug-likeness (QED) is 0.872. The Bertz CT molecular complexity index is 524. The number of hydrogen-bond acceptors (Lipinski definition) is 2. The van der Waals surface area contributed by atoms with E-state index in [-0.39, 0.29) is 5.92 Å². The molecule has 0 saturated carbocycles. The molecule has 2 aromatic rings. The maximum atomic E-state index is 10.6. The van der Waals surface area contributed by atoms with E-state index in [1.807, 2.05) is 12.1 Å². The fourth-order valence-corrected chi connectivity index (χ4v) is 2.90. The van der Waals surface area contributed by atoms with Gasteiger partial charge in [-0.2, -0.15) is 0 Å². The van der Waals surface area contributed by atoms with Gasteiger partial charge < -0.3 is 5.11 Å².